The van der Waals surface area contributed by atoms with Crippen LogP contribution in [-0.2, 0) is 13.1 Å². The first-order chi connectivity index (χ1) is 11.2. The van der Waals surface area contributed by atoms with E-state index in [1.165, 1.54) is 11.1 Å². The van der Waals surface area contributed by atoms with Crippen LogP contribution in [0.5, 0.6) is 0 Å². The molecule has 1 saturated heterocycles. The number of halogens is 1. The van der Waals surface area contributed by atoms with Crippen LogP contribution in [0.1, 0.15) is 30.9 Å². The Morgan fingerprint density at radius 1 is 0.913 bits per heavy atom. The molecule has 1 fully saturated rings. The third kappa shape index (κ3) is 4.40. The van der Waals surface area contributed by atoms with Crippen molar-refractivity contribution in [3.05, 3.63) is 71.8 Å². The van der Waals surface area contributed by atoms with E-state index in [2.05, 4.69) is 65.7 Å². The van der Waals surface area contributed by atoms with E-state index in [1.807, 2.05) is 12.1 Å². The molecule has 23 heavy (non-hydrogen) atoms. The van der Waals surface area contributed by atoms with Crippen molar-refractivity contribution in [1.29, 1.82) is 0 Å². The molecule has 1 N–H and O–H groups in total. The largest absolute Gasteiger partial charge is 0.279 e. The molecule has 3 unspecified atom stereocenters. The van der Waals surface area contributed by atoms with Gasteiger partial charge in [0.1, 0.15) is 0 Å². The summed E-state index contributed by atoms with van der Waals surface area (Å²) in [7, 11) is 0. The first kappa shape index (κ1) is 16.2. The second kappa shape index (κ2) is 7.71. The van der Waals surface area contributed by atoms with Gasteiger partial charge in [-0.05, 0) is 29.9 Å². The van der Waals surface area contributed by atoms with Gasteiger partial charge in [-0.1, -0.05) is 67.6 Å². The van der Waals surface area contributed by atoms with Crippen molar-refractivity contribution in [3.8, 4) is 0 Å². The Morgan fingerprint density at radius 2 is 1.43 bits per heavy atom. The molecule has 0 bridgehead atoms. The number of hydrogen-bond acceptors (Lipinski definition) is 2. The number of rotatable bonds is 5. The number of piperidine rings is 1. The van der Waals surface area contributed by atoms with Crippen LogP contribution in [0, 0.1) is 5.92 Å². The predicted molar refractivity (Wildman–Crippen MR) is 92.3 cm³/mol. The fraction of sp³-hybridized carbons (Fsp3) is 0.400. The number of nitrogens with zero attached hydrogens (tertiary/aromatic N) is 1. The van der Waals surface area contributed by atoms with E-state index >= 15 is 0 Å². The number of nitrogens with one attached hydrogen (secondary N) is 1. The van der Waals surface area contributed by atoms with Crippen molar-refractivity contribution in [1.82, 2.24) is 10.2 Å². The molecule has 1 aliphatic rings. The summed E-state index contributed by atoms with van der Waals surface area (Å²) >= 11 is 0. The number of alkyl halides is 1. The third-order valence-corrected chi connectivity index (χ3v) is 4.62. The van der Waals surface area contributed by atoms with Crippen molar-refractivity contribution < 1.29 is 4.39 Å². The highest BCUT2D eigenvalue weighted by Crippen LogP contribution is 2.25. The molecule has 3 heteroatoms. The minimum atomic E-state index is -0.898. The first-order valence-corrected chi connectivity index (χ1v) is 8.44. The minimum absolute atomic E-state index is 0.0687. The molecule has 122 valence electrons. The molecule has 0 saturated carbocycles. The molecule has 0 spiro atoms. The average Bonchev–Trinajstić information content (AvgIpc) is 2.58. The normalized spacial score (nSPS) is 24.7. The van der Waals surface area contributed by atoms with Gasteiger partial charge in [0.25, 0.3) is 0 Å². The standard InChI is InChI=1S/C20H25FN2/c1-16-12-13-19(21)22-20(16)23(14-17-8-4-2-5-9-17)15-18-10-6-3-7-11-18/h2-11,16,19-20,22H,12-15H2,1H3. The monoisotopic (exact) mass is 312 g/mol. The maximum Gasteiger partial charge on any atom is 0.152 e. The Balaban J connectivity index is 1.80. The summed E-state index contributed by atoms with van der Waals surface area (Å²) in [5.74, 6) is 0.439. The maximum absolute atomic E-state index is 13.9. The van der Waals surface area contributed by atoms with Crippen LogP contribution in [0.4, 0.5) is 4.39 Å². The fourth-order valence-corrected chi connectivity index (χ4v) is 3.35. The lowest BCUT2D eigenvalue weighted by Crippen LogP contribution is -2.54. The van der Waals surface area contributed by atoms with Gasteiger partial charge in [0, 0.05) is 13.1 Å². The van der Waals surface area contributed by atoms with Crippen molar-refractivity contribution in [2.75, 3.05) is 0 Å². The Labute approximate surface area is 138 Å². The van der Waals surface area contributed by atoms with Crippen LogP contribution < -0.4 is 5.32 Å². The van der Waals surface area contributed by atoms with E-state index in [1.54, 1.807) is 0 Å². The highest BCUT2D eigenvalue weighted by molar-refractivity contribution is 5.17. The van der Waals surface area contributed by atoms with Crippen LogP contribution in [-0.4, -0.2) is 17.4 Å². The third-order valence-electron chi connectivity index (χ3n) is 4.62. The Kier molecular flexibility index (Phi) is 5.42. The van der Waals surface area contributed by atoms with Crippen LogP contribution >= 0.6 is 0 Å². The molecule has 0 aliphatic carbocycles. The molecule has 1 aliphatic heterocycles. The van der Waals surface area contributed by atoms with Gasteiger partial charge in [-0.2, -0.15) is 0 Å². The summed E-state index contributed by atoms with van der Waals surface area (Å²) in [5, 5.41) is 3.17. The fourth-order valence-electron chi connectivity index (χ4n) is 3.35. The molecule has 2 aromatic carbocycles. The summed E-state index contributed by atoms with van der Waals surface area (Å²) in [6, 6.07) is 20.9. The molecule has 2 aromatic rings. The van der Waals surface area contributed by atoms with Crippen LogP contribution in [0.25, 0.3) is 0 Å². The van der Waals surface area contributed by atoms with E-state index in [-0.39, 0.29) is 6.17 Å². The minimum Gasteiger partial charge on any atom is -0.279 e. The lowest BCUT2D eigenvalue weighted by molar-refractivity contribution is 0.0279. The van der Waals surface area contributed by atoms with Gasteiger partial charge in [-0.15, -0.1) is 0 Å². The van der Waals surface area contributed by atoms with Gasteiger partial charge < -0.3 is 0 Å². The zero-order chi connectivity index (χ0) is 16.1. The SMILES string of the molecule is CC1CCC(F)NC1N(Cc1ccccc1)Cc1ccccc1. The van der Waals surface area contributed by atoms with E-state index in [0.29, 0.717) is 12.3 Å². The molecule has 2 nitrogen and oxygen atoms in total. The zero-order valence-corrected chi connectivity index (χ0v) is 13.7. The Bertz CT molecular complexity index is 546. The molecule has 3 atom stereocenters. The summed E-state index contributed by atoms with van der Waals surface area (Å²) in [6.45, 7) is 3.86. The van der Waals surface area contributed by atoms with Crippen molar-refractivity contribution in [3.63, 3.8) is 0 Å². The molecular weight excluding hydrogens is 287 g/mol. The quantitative estimate of drug-likeness (QED) is 0.827. The first-order valence-electron chi connectivity index (χ1n) is 8.44. The summed E-state index contributed by atoms with van der Waals surface area (Å²) in [6.07, 6.45) is 0.714. The molecule has 0 amide bonds. The van der Waals surface area contributed by atoms with Gasteiger partial charge in [-0.3, -0.25) is 10.2 Å². The van der Waals surface area contributed by atoms with Gasteiger partial charge in [0.2, 0.25) is 0 Å². The summed E-state index contributed by atoms with van der Waals surface area (Å²) in [4.78, 5) is 2.36. The summed E-state index contributed by atoms with van der Waals surface area (Å²) < 4.78 is 13.9. The van der Waals surface area contributed by atoms with Gasteiger partial charge in [0.15, 0.2) is 6.30 Å². The highest BCUT2D eigenvalue weighted by Gasteiger charge is 2.31. The number of benzene rings is 2. The maximum atomic E-state index is 13.9. The van der Waals surface area contributed by atoms with E-state index < -0.39 is 6.30 Å². The van der Waals surface area contributed by atoms with Crippen molar-refractivity contribution in [2.24, 2.45) is 5.92 Å². The highest BCUT2D eigenvalue weighted by atomic mass is 19.1. The average molecular weight is 312 g/mol. The topological polar surface area (TPSA) is 15.3 Å². The van der Waals surface area contributed by atoms with Crippen molar-refractivity contribution in [2.45, 2.75) is 45.3 Å². The zero-order valence-electron chi connectivity index (χ0n) is 13.7. The second-order valence-electron chi connectivity index (χ2n) is 6.51. The summed E-state index contributed by atoms with van der Waals surface area (Å²) in [5.41, 5.74) is 2.52. The smallest absolute Gasteiger partial charge is 0.152 e. The second-order valence-corrected chi connectivity index (χ2v) is 6.51. The van der Waals surface area contributed by atoms with Gasteiger partial charge in [-0.25, -0.2) is 4.39 Å². The molecule has 0 aromatic heterocycles. The molecule has 0 radical (unpaired) electrons. The Hall–Kier alpha value is -1.71. The lowest BCUT2D eigenvalue weighted by Gasteiger charge is -2.40. The Morgan fingerprint density at radius 3 is 1.96 bits per heavy atom. The lowest BCUT2D eigenvalue weighted by atomic mass is 9.95. The van der Waals surface area contributed by atoms with E-state index in [4.69, 9.17) is 0 Å². The number of hydrogen-bond donors (Lipinski definition) is 1. The molecule has 1 heterocycles. The van der Waals surface area contributed by atoms with E-state index in [9.17, 15) is 4.39 Å². The predicted octanol–water partition coefficient (Wildman–Crippen LogP) is 4.33. The van der Waals surface area contributed by atoms with E-state index in [0.717, 1.165) is 19.5 Å². The van der Waals surface area contributed by atoms with Gasteiger partial charge in [0.05, 0.1) is 6.17 Å². The molecule has 3 rings (SSSR count). The van der Waals surface area contributed by atoms with Crippen molar-refractivity contribution >= 4 is 0 Å². The molecular formula is C20H25FN2. The van der Waals surface area contributed by atoms with Crippen LogP contribution in [0.2, 0.25) is 0 Å². The van der Waals surface area contributed by atoms with Crippen LogP contribution in [0.3, 0.4) is 0 Å². The van der Waals surface area contributed by atoms with Crippen LogP contribution in [0.15, 0.2) is 60.7 Å². The van der Waals surface area contributed by atoms with Gasteiger partial charge >= 0.3 is 0 Å².